The van der Waals surface area contributed by atoms with Crippen LogP contribution >= 0.6 is 0 Å². The maximum Gasteiger partial charge on any atom is 0.416 e. The zero-order valence-electron chi connectivity index (χ0n) is 15.3. The van der Waals surface area contributed by atoms with Crippen LogP contribution < -0.4 is 10.6 Å². The van der Waals surface area contributed by atoms with E-state index in [2.05, 4.69) is 10.6 Å². The molecule has 0 radical (unpaired) electrons. The lowest BCUT2D eigenvalue weighted by atomic mass is 9.89. The SMILES string of the molecule is CCCC(NC(=O)C1CC(=O)Nc2ccccc21)c1cccc(C(F)(F)F)c1. The summed E-state index contributed by atoms with van der Waals surface area (Å²) >= 11 is 0. The molecule has 7 heteroatoms. The number of alkyl halides is 3. The van der Waals surface area contributed by atoms with E-state index >= 15 is 0 Å². The van der Waals surface area contributed by atoms with E-state index in [1.807, 2.05) is 6.92 Å². The van der Waals surface area contributed by atoms with Crippen molar-refractivity contribution < 1.29 is 22.8 Å². The summed E-state index contributed by atoms with van der Waals surface area (Å²) in [7, 11) is 0. The van der Waals surface area contributed by atoms with Crippen molar-refractivity contribution >= 4 is 17.5 Å². The van der Waals surface area contributed by atoms with E-state index in [9.17, 15) is 22.8 Å². The van der Waals surface area contributed by atoms with Crippen molar-refractivity contribution in [1.29, 1.82) is 0 Å². The molecule has 0 aromatic heterocycles. The van der Waals surface area contributed by atoms with Crippen molar-refractivity contribution in [1.82, 2.24) is 5.32 Å². The predicted molar refractivity (Wildman–Crippen MR) is 99.7 cm³/mol. The van der Waals surface area contributed by atoms with E-state index in [4.69, 9.17) is 0 Å². The average molecular weight is 390 g/mol. The van der Waals surface area contributed by atoms with Crippen LogP contribution in [0.2, 0.25) is 0 Å². The molecule has 2 aromatic rings. The third-order valence-electron chi connectivity index (χ3n) is 4.83. The van der Waals surface area contributed by atoms with E-state index in [1.165, 1.54) is 6.07 Å². The largest absolute Gasteiger partial charge is 0.416 e. The van der Waals surface area contributed by atoms with Crippen molar-refractivity contribution in [3.8, 4) is 0 Å². The van der Waals surface area contributed by atoms with Crippen molar-refractivity contribution in [3.05, 3.63) is 65.2 Å². The summed E-state index contributed by atoms with van der Waals surface area (Å²) in [6.45, 7) is 1.90. The van der Waals surface area contributed by atoms with Gasteiger partial charge in [0.05, 0.1) is 17.5 Å². The van der Waals surface area contributed by atoms with Crippen molar-refractivity contribution in [3.63, 3.8) is 0 Å². The van der Waals surface area contributed by atoms with Gasteiger partial charge < -0.3 is 10.6 Å². The summed E-state index contributed by atoms with van der Waals surface area (Å²) in [6.07, 6.45) is -3.27. The Morgan fingerprint density at radius 2 is 1.96 bits per heavy atom. The molecule has 2 amide bonds. The summed E-state index contributed by atoms with van der Waals surface area (Å²) in [6, 6.07) is 11.5. The third-order valence-corrected chi connectivity index (χ3v) is 4.83. The highest BCUT2D eigenvalue weighted by Gasteiger charge is 2.33. The number of carbonyl (C=O) groups is 2. The number of hydrogen-bond acceptors (Lipinski definition) is 2. The molecule has 0 spiro atoms. The van der Waals surface area contributed by atoms with Crippen LogP contribution in [0.3, 0.4) is 0 Å². The molecule has 1 aliphatic rings. The molecule has 0 saturated carbocycles. The summed E-state index contributed by atoms with van der Waals surface area (Å²) in [4.78, 5) is 24.9. The number of halogens is 3. The highest BCUT2D eigenvalue weighted by molar-refractivity contribution is 6.01. The second-order valence-electron chi connectivity index (χ2n) is 6.87. The van der Waals surface area contributed by atoms with Crippen LogP contribution in [-0.4, -0.2) is 11.8 Å². The molecule has 0 aliphatic carbocycles. The fourth-order valence-electron chi connectivity index (χ4n) is 3.46. The second-order valence-corrected chi connectivity index (χ2v) is 6.87. The molecule has 0 saturated heterocycles. The Morgan fingerprint density at radius 1 is 1.21 bits per heavy atom. The Balaban J connectivity index is 1.86. The van der Waals surface area contributed by atoms with E-state index in [1.54, 1.807) is 30.3 Å². The summed E-state index contributed by atoms with van der Waals surface area (Å²) in [5, 5.41) is 5.59. The second kappa shape index (κ2) is 8.04. The number of benzene rings is 2. The van der Waals surface area contributed by atoms with Gasteiger partial charge >= 0.3 is 6.18 Å². The number of nitrogens with one attached hydrogen (secondary N) is 2. The van der Waals surface area contributed by atoms with Gasteiger partial charge in [-0.1, -0.05) is 43.7 Å². The zero-order chi connectivity index (χ0) is 20.3. The minimum atomic E-state index is -4.45. The standard InChI is InChI=1S/C21H21F3N2O2/c1-2-6-17(13-7-5-8-14(11-13)21(22,23)24)26-20(28)16-12-19(27)25-18-10-4-3-9-15(16)18/h3-5,7-11,16-17H,2,6,12H2,1H3,(H,25,27)(H,26,28). The van der Waals surface area contributed by atoms with Crippen molar-refractivity contribution in [2.45, 2.75) is 44.3 Å². The van der Waals surface area contributed by atoms with E-state index in [-0.39, 0.29) is 18.2 Å². The first kappa shape index (κ1) is 19.9. The van der Waals surface area contributed by atoms with E-state index < -0.39 is 23.7 Å². The van der Waals surface area contributed by atoms with Crippen molar-refractivity contribution in [2.75, 3.05) is 5.32 Å². The Morgan fingerprint density at radius 3 is 2.68 bits per heavy atom. The van der Waals surface area contributed by atoms with Gasteiger partial charge in [-0.05, 0) is 35.7 Å². The highest BCUT2D eigenvalue weighted by atomic mass is 19.4. The topological polar surface area (TPSA) is 58.2 Å². The smallest absolute Gasteiger partial charge is 0.349 e. The molecule has 4 nitrogen and oxygen atoms in total. The molecule has 0 bridgehead atoms. The number of carbonyl (C=O) groups excluding carboxylic acids is 2. The van der Waals surface area contributed by atoms with Crippen LogP contribution in [0, 0.1) is 0 Å². The van der Waals surface area contributed by atoms with Crippen LogP contribution in [0.15, 0.2) is 48.5 Å². The lowest BCUT2D eigenvalue weighted by Gasteiger charge is -2.27. The molecule has 148 valence electrons. The van der Waals surface area contributed by atoms with Gasteiger partial charge in [0.1, 0.15) is 0 Å². The lowest BCUT2D eigenvalue weighted by Crippen LogP contribution is -2.37. The Hall–Kier alpha value is -2.83. The third kappa shape index (κ3) is 4.35. The first-order chi connectivity index (χ1) is 13.3. The molecular formula is C21H21F3N2O2. The number of fused-ring (bicyclic) bond motifs is 1. The zero-order valence-corrected chi connectivity index (χ0v) is 15.3. The Bertz CT molecular complexity index is 880. The maximum absolute atomic E-state index is 13.0. The van der Waals surface area contributed by atoms with Gasteiger partial charge in [0.25, 0.3) is 0 Å². The fraction of sp³-hybridized carbons (Fsp3) is 0.333. The molecule has 3 rings (SSSR count). The van der Waals surface area contributed by atoms with Crippen LogP contribution in [0.4, 0.5) is 18.9 Å². The van der Waals surface area contributed by atoms with Crippen LogP contribution in [0.5, 0.6) is 0 Å². The highest BCUT2D eigenvalue weighted by Crippen LogP contribution is 2.34. The first-order valence-corrected chi connectivity index (χ1v) is 9.16. The maximum atomic E-state index is 13.0. The van der Waals surface area contributed by atoms with Gasteiger partial charge in [-0.2, -0.15) is 13.2 Å². The van der Waals surface area contributed by atoms with Gasteiger partial charge in [-0.25, -0.2) is 0 Å². The first-order valence-electron chi connectivity index (χ1n) is 9.16. The molecule has 28 heavy (non-hydrogen) atoms. The molecule has 2 aromatic carbocycles. The van der Waals surface area contributed by atoms with Gasteiger partial charge in [-0.15, -0.1) is 0 Å². The van der Waals surface area contributed by atoms with E-state index in [0.29, 0.717) is 29.7 Å². The van der Waals surface area contributed by atoms with Crippen molar-refractivity contribution in [2.24, 2.45) is 0 Å². The molecule has 0 fully saturated rings. The Kier molecular flexibility index (Phi) is 5.72. The van der Waals surface area contributed by atoms with Gasteiger partial charge in [-0.3, -0.25) is 9.59 Å². The van der Waals surface area contributed by atoms with E-state index in [0.717, 1.165) is 12.1 Å². The minimum absolute atomic E-state index is 0.00425. The number of hydrogen-bond donors (Lipinski definition) is 2. The van der Waals surface area contributed by atoms with Gasteiger partial charge in [0, 0.05) is 12.1 Å². The molecule has 1 aliphatic heterocycles. The molecule has 2 atom stereocenters. The summed E-state index contributed by atoms with van der Waals surface area (Å²) < 4.78 is 39.1. The number of rotatable bonds is 5. The number of amides is 2. The lowest BCUT2D eigenvalue weighted by molar-refractivity contribution is -0.137. The molecule has 2 N–H and O–H groups in total. The van der Waals surface area contributed by atoms with Crippen LogP contribution in [0.25, 0.3) is 0 Å². The quantitative estimate of drug-likeness (QED) is 0.771. The predicted octanol–water partition coefficient (Wildman–Crippen LogP) is 4.79. The molecular weight excluding hydrogens is 369 g/mol. The van der Waals surface area contributed by atoms with Crippen LogP contribution in [0.1, 0.15) is 54.8 Å². The average Bonchev–Trinajstić information content (AvgIpc) is 2.66. The van der Waals surface area contributed by atoms with Gasteiger partial charge in [0.15, 0.2) is 0 Å². The van der Waals surface area contributed by atoms with Gasteiger partial charge in [0.2, 0.25) is 11.8 Å². The molecule has 1 heterocycles. The monoisotopic (exact) mass is 390 g/mol. The Labute approximate surface area is 161 Å². The summed E-state index contributed by atoms with van der Waals surface area (Å²) in [5.41, 5.74) is 0.949. The normalized spacial score (nSPS) is 17.4. The fourth-order valence-corrected chi connectivity index (χ4v) is 3.46. The summed E-state index contributed by atoms with van der Waals surface area (Å²) in [5.74, 6) is -1.29. The number of anilines is 1. The van der Waals surface area contributed by atoms with Crippen LogP contribution in [-0.2, 0) is 15.8 Å². The minimum Gasteiger partial charge on any atom is -0.349 e. The molecule has 2 unspecified atom stereocenters. The number of para-hydroxylation sites is 1.